The topological polar surface area (TPSA) is 89.7 Å². The van der Waals surface area contributed by atoms with Crippen LogP contribution in [-0.4, -0.2) is 45.1 Å². The molecule has 1 aromatic carbocycles. The van der Waals surface area contributed by atoms with Crippen LogP contribution < -0.4 is 0 Å². The number of imidazole rings is 1. The van der Waals surface area contributed by atoms with Gasteiger partial charge in [0.05, 0.1) is 11.0 Å². The van der Waals surface area contributed by atoms with Crippen molar-refractivity contribution in [2.45, 2.75) is 30.8 Å². The van der Waals surface area contributed by atoms with Crippen LogP contribution in [0.3, 0.4) is 0 Å². The average molecular weight is 330 g/mol. The van der Waals surface area contributed by atoms with Gasteiger partial charge in [-0.2, -0.15) is 4.52 Å². The Hall–Kier alpha value is -2.55. The number of fused-ring (bicyclic) bond motifs is 5. The number of benzene rings is 1. The summed E-state index contributed by atoms with van der Waals surface area (Å²) in [6.45, 7) is 4.45. The molecule has 0 radical (unpaired) electrons. The van der Waals surface area contributed by atoms with Crippen LogP contribution in [0, 0.1) is 0 Å². The van der Waals surface area contributed by atoms with Gasteiger partial charge in [0, 0.05) is 6.54 Å². The van der Waals surface area contributed by atoms with Crippen LogP contribution in [0.15, 0.2) is 29.4 Å². The maximum absolute atomic E-state index is 11.1. The lowest BCUT2D eigenvalue weighted by atomic mass is 10.3. The van der Waals surface area contributed by atoms with E-state index in [1.807, 2.05) is 28.7 Å². The average Bonchev–Trinajstić information content (AvgIpc) is 3.16. The fourth-order valence-electron chi connectivity index (χ4n) is 2.68. The number of carboxylic acid groups (broad SMARTS) is 1. The van der Waals surface area contributed by atoms with Crippen molar-refractivity contribution in [1.82, 2.24) is 28.8 Å². The fraction of sp³-hybridized carbons (Fsp3) is 0.286. The molecule has 1 N–H and O–H groups in total. The van der Waals surface area contributed by atoms with Gasteiger partial charge in [0.2, 0.25) is 10.9 Å². The predicted octanol–water partition coefficient (Wildman–Crippen LogP) is 1.92. The predicted molar refractivity (Wildman–Crippen MR) is 85.9 cm³/mol. The van der Waals surface area contributed by atoms with Gasteiger partial charge < -0.3 is 9.67 Å². The fourth-order valence-corrected chi connectivity index (χ4v) is 3.41. The summed E-state index contributed by atoms with van der Waals surface area (Å²) in [6.07, 6.45) is 0. The minimum Gasteiger partial charge on any atom is -0.480 e. The second-order valence-corrected chi connectivity index (χ2v) is 6.47. The van der Waals surface area contributed by atoms with Crippen molar-refractivity contribution in [2.24, 2.45) is 0 Å². The van der Waals surface area contributed by atoms with Crippen LogP contribution in [0.25, 0.3) is 22.6 Å². The second-order valence-electron chi connectivity index (χ2n) is 5.16. The number of para-hydroxylation sites is 2. The van der Waals surface area contributed by atoms with Crippen molar-refractivity contribution in [3.05, 3.63) is 24.3 Å². The number of aromatic nitrogens is 6. The molecule has 8 nitrogen and oxygen atoms in total. The van der Waals surface area contributed by atoms with Crippen molar-refractivity contribution in [3.63, 3.8) is 0 Å². The third kappa shape index (κ3) is 1.93. The molecule has 3 heterocycles. The van der Waals surface area contributed by atoms with Crippen molar-refractivity contribution in [2.75, 3.05) is 0 Å². The normalized spacial score (nSPS) is 13.3. The number of nitrogens with zero attached hydrogens (tertiary/aromatic N) is 6. The van der Waals surface area contributed by atoms with Crippen LogP contribution in [0.4, 0.5) is 0 Å². The molecule has 0 aliphatic heterocycles. The van der Waals surface area contributed by atoms with Crippen LogP contribution >= 0.6 is 11.8 Å². The summed E-state index contributed by atoms with van der Waals surface area (Å²) < 4.78 is 5.65. The SMILES string of the molecule is CCn1c2ccccc2n2c1nn1c(S[C@H](C)C(=O)O)nnc12. The van der Waals surface area contributed by atoms with E-state index in [4.69, 9.17) is 5.11 Å². The molecule has 0 unspecified atom stereocenters. The molecular weight excluding hydrogens is 316 g/mol. The Balaban J connectivity index is 1.99. The van der Waals surface area contributed by atoms with Gasteiger partial charge in [-0.1, -0.05) is 23.9 Å². The zero-order valence-electron chi connectivity index (χ0n) is 12.5. The molecule has 23 heavy (non-hydrogen) atoms. The third-order valence-corrected chi connectivity index (χ3v) is 4.81. The lowest BCUT2D eigenvalue weighted by Crippen LogP contribution is -2.12. The van der Waals surface area contributed by atoms with Gasteiger partial charge in [-0.3, -0.25) is 4.79 Å². The number of carbonyl (C=O) groups is 1. The Kier molecular flexibility index (Phi) is 3.05. The van der Waals surface area contributed by atoms with E-state index < -0.39 is 11.2 Å². The molecular formula is C14H14N6O2S. The molecule has 0 aliphatic carbocycles. The Morgan fingerprint density at radius 3 is 2.70 bits per heavy atom. The summed E-state index contributed by atoms with van der Waals surface area (Å²) in [6, 6.07) is 8.02. The first-order valence-corrected chi connectivity index (χ1v) is 8.10. The van der Waals surface area contributed by atoms with E-state index >= 15 is 0 Å². The van der Waals surface area contributed by atoms with E-state index in [-0.39, 0.29) is 0 Å². The summed E-state index contributed by atoms with van der Waals surface area (Å²) in [4.78, 5) is 11.1. The molecule has 0 aliphatic rings. The first kappa shape index (κ1) is 14.1. The largest absolute Gasteiger partial charge is 0.480 e. The van der Waals surface area contributed by atoms with Crippen molar-refractivity contribution in [1.29, 1.82) is 0 Å². The number of aliphatic carboxylic acids is 1. The van der Waals surface area contributed by atoms with Gasteiger partial charge >= 0.3 is 5.97 Å². The van der Waals surface area contributed by atoms with Gasteiger partial charge in [-0.25, -0.2) is 4.40 Å². The maximum atomic E-state index is 11.1. The summed E-state index contributed by atoms with van der Waals surface area (Å²) in [5.74, 6) is 0.464. The number of thioether (sulfide) groups is 1. The standard InChI is InChI=1S/C14H14N6O2S/c1-3-18-9-6-4-5-7-10(9)19-12-15-16-14(20(12)17-13(18)19)23-8(2)11(21)22/h4-8H,3H2,1-2H3,(H,21,22)/t8-/m1/s1. The number of aryl methyl sites for hydroxylation is 1. The third-order valence-electron chi connectivity index (χ3n) is 3.79. The molecule has 0 bridgehead atoms. The molecule has 0 fully saturated rings. The highest BCUT2D eigenvalue weighted by Gasteiger charge is 2.22. The summed E-state index contributed by atoms with van der Waals surface area (Å²) >= 11 is 1.13. The van der Waals surface area contributed by atoms with Crippen LogP contribution in [0.5, 0.6) is 0 Å². The number of hydrogen-bond donors (Lipinski definition) is 1. The first-order valence-electron chi connectivity index (χ1n) is 7.22. The number of carboxylic acids is 1. The summed E-state index contributed by atoms with van der Waals surface area (Å²) in [7, 11) is 0. The Morgan fingerprint density at radius 1 is 1.26 bits per heavy atom. The zero-order chi connectivity index (χ0) is 16.1. The van der Waals surface area contributed by atoms with Crippen molar-refractivity contribution in [3.8, 4) is 0 Å². The maximum Gasteiger partial charge on any atom is 0.316 e. The van der Waals surface area contributed by atoms with Gasteiger partial charge in [-0.15, -0.1) is 15.3 Å². The molecule has 0 amide bonds. The van der Waals surface area contributed by atoms with Crippen LogP contribution in [0.1, 0.15) is 13.8 Å². The van der Waals surface area contributed by atoms with E-state index in [1.165, 1.54) is 0 Å². The molecule has 4 rings (SSSR count). The van der Waals surface area contributed by atoms with Gasteiger partial charge in [0.1, 0.15) is 5.25 Å². The molecule has 4 aromatic rings. The highest BCUT2D eigenvalue weighted by Crippen LogP contribution is 2.26. The Morgan fingerprint density at radius 2 is 2.00 bits per heavy atom. The molecule has 0 saturated heterocycles. The van der Waals surface area contributed by atoms with E-state index in [1.54, 1.807) is 11.4 Å². The second kappa shape index (κ2) is 4.98. The Bertz CT molecular complexity index is 1050. The Labute approximate surface area is 134 Å². The van der Waals surface area contributed by atoms with E-state index in [2.05, 4.69) is 26.8 Å². The van der Waals surface area contributed by atoms with Gasteiger partial charge in [0.25, 0.3) is 5.78 Å². The molecule has 118 valence electrons. The minimum absolute atomic E-state index is 0.477. The zero-order valence-corrected chi connectivity index (χ0v) is 13.4. The monoisotopic (exact) mass is 330 g/mol. The summed E-state index contributed by atoms with van der Waals surface area (Å²) in [5, 5.41) is 21.8. The highest BCUT2D eigenvalue weighted by molar-refractivity contribution is 8.00. The van der Waals surface area contributed by atoms with Gasteiger partial charge in [-0.05, 0) is 26.0 Å². The van der Waals surface area contributed by atoms with E-state index in [0.29, 0.717) is 10.9 Å². The number of hydrogen-bond acceptors (Lipinski definition) is 5. The molecule has 0 saturated carbocycles. The van der Waals surface area contributed by atoms with E-state index in [0.717, 1.165) is 35.1 Å². The molecule has 1 atom stereocenters. The minimum atomic E-state index is -0.890. The van der Waals surface area contributed by atoms with Crippen molar-refractivity contribution < 1.29 is 9.90 Å². The van der Waals surface area contributed by atoms with Crippen LogP contribution in [0.2, 0.25) is 0 Å². The molecule has 3 aromatic heterocycles. The van der Waals surface area contributed by atoms with Crippen LogP contribution in [-0.2, 0) is 11.3 Å². The van der Waals surface area contributed by atoms with E-state index in [9.17, 15) is 4.79 Å². The smallest absolute Gasteiger partial charge is 0.316 e. The molecule has 9 heteroatoms. The highest BCUT2D eigenvalue weighted by atomic mass is 32.2. The van der Waals surface area contributed by atoms with Crippen molar-refractivity contribution >= 4 is 40.3 Å². The summed E-state index contributed by atoms with van der Waals surface area (Å²) in [5.41, 5.74) is 2.08. The molecule has 0 spiro atoms. The lowest BCUT2D eigenvalue weighted by Gasteiger charge is -2.02. The number of rotatable bonds is 4. The quantitative estimate of drug-likeness (QED) is 0.575. The lowest BCUT2D eigenvalue weighted by molar-refractivity contribution is -0.136. The first-order chi connectivity index (χ1) is 11.1. The van der Waals surface area contributed by atoms with Gasteiger partial charge in [0.15, 0.2) is 0 Å².